The van der Waals surface area contributed by atoms with Crippen LogP contribution in [0.2, 0.25) is 0 Å². The molecule has 0 aliphatic heterocycles. The molecule has 0 spiro atoms. The van der Waals surface area contributed by atoms with Gasteiger partial charge in [-0.1, -0.05) is 0 Å². The summed E-state index contributed by atoms with van der Waals surface area (Å²) in [6, 6.07) is 0. The normalized spacial score (nSPS) is 12.0. The molecule has 0 heterocycles. The van der Waals surface area contributed by atoms with Gasteiger partial charge in [0.05, 0.1) is 0 Å². The van der Waals surface area contributed by atoms with E-state index in [0.717, 1.165) is 11.8 Å². The summed E-state index contributed by atoms with van der Waals surface area (Å²) in [6.45, 7) is 11.6. The van der Waals surface area contributed by atoms with Gasteiger partial charge in [-0.3, -0.25) is 0 Å². The van der Waals surface area contributed by atoms with Crippen molar-refractivity contribution in [3.8, 4) is 0 Å². The van der Waals surface area contributed by atoms with E-state index in [1.807, 2.05) is 9.13 Å². The Morgan fingerprint density at radius 1 is 1.09 bits per heavy atom. The van der Waals surface area contributed by atoms with Crippen molar-refractivity contribution < 1.29 is 0 Å². The Morgan fingerprint density at radius 2 is 1.45 bits per heavy atom. The van der Waals surface area contributed by atoms with Crippen LogP contribution in [0, 0.1) is 11.8 Å². The van der Waals surface area contributed by atoms with Gasteiger partial charge in [0.1, 0.15) is 0 Å². The fraction of sp³-hybridized carbons (Fsp3) is 1.00. The number of hydrogen-bond acceptors (Lipinski definition) is 2. The minimum atomic E-state index is 0.793. The van der Waals surface area contributed by atoms with Gasteiger partial charge < -0.3 is 0 Å². The number of rotatable bonds is 5. The zero-order chi connectivity index (χ0) is 8.85. The zero-order valence-electron chi connectivity index (χ0n) is 7.92. The Balaban J connectivity index is 3.58. The van der Waals surface area contributed by atoms with E-state index in [-0.39, 0.29) is 0 Å². The fourth-order valence-electron chi connectivity index (χ4n) is 0.964. The van der Waals surface area contributed by atoms with Gasteiger partial charge in [-0.15, -0.1) is 0 Å². The third-order valence-corrected chi connectivity index (χ3v) is 4.03. The van der Waals surface area contributed by atoms with Crippen molar-refractivity contribution in [1.82, 2.24) is 4.31 Å². The first-order valence-electron chi connectivity index (χ1n) is 4.15. The molecule has 0 fully saturated rings. The van der Waals surface area contributed by atoms with Crippen molar-refractivity contribution >= 4 is 30.3 Å². The summed E-state index contributed by atoms with van der Waals surface area (Å²) in [6.07, 6.45) is 0. The molecule has 0 aromatic heterocycles. The summed E-state index contributed by atoms with van der Waals surface area (Å²) in [5.74, 6) is 1.59. The van der Waals surface area contributed by atoms with Gasteiger partial charge in [0.25, 0.3) is 0 Å². The van der Waals surface area contributed by atoms with Crippen LogP contribution in [0.25, 0.3) is 0 Å². The molecule has 65 valence electrons. The minimum absolute atomic E-state index is 0.793. The van der Waals surface area contributed by atoms with E-state index in [0.29, 0.717) is 0 Å². The molecule has 0 aromatic rings. The van der Waals surface area contributed by atoms with Crippen molar-refractivity contribution in [1.29, 1.82) is 0 Å². The van der Waals surface area contributed by atoms with E-state index in [2.05, 4.69) is 32.0 Å². The van der Waals surface area contributed by atoms with Crippen LogP contribution in [-0.2, 0) is 0 Å². The summed E-state index contributed by atoms with van der Waals surface area (Å²) in [5, 5.41) is 0. The molecular formula is C8H18NSSn. The Labute approximate surface area is 87.0 Å². The quantitative estimate of drug-likeness (QED) is 0.561. The first-order valence-corrected chi connectivity index (χ1v) is 8.41. The van der Waals surface area contributed by atoms with Crippen LogP contribution < -0.4 is 0 Å². The van der Waals surface area contributed by atoms with E-state index >= 15 is 0 Å². The molecule has 0 aliphatic carbocycles. The van der Waals surface area contributed by atoms with E-state index in [9.17, 15) is 0 Å². The summed E-state index contributed by atoms with van der Waals surface area (Å²) >= 11 is 1.55. The number of nitrogens with zero attached hydrogens (tertiary/aromatic N) is 1. The van der Waals surface area contributed by atoms with Gasteiger partial charge in [0.15, 0.2) is 0 Å². The molecule has 0 atom stereocenters. The summed E-state index contributed by atoms with van der Waals surface area (Å²) in [5.41, 5.74) is 0. The molecule has 1 nitrogen and oxygen atoms in total. The zero-order valence-corrected chi connectivity index (χ0v) is 11.6. The fourth-order valence-corrected chi connectivity index (χ4v) is 2.99. The third kappa shape index (κ3) is 7.47. The Morgan fingerprint density at radius 3 is 1.64 bits per heavy atom. The first kappa shape index (κ1) is 12.1. The van der Waals surface area contributed by atoms with Crippen molar-refractivity contribution in [2.45, 2.75) is 27.7 Å². The maximum absolute atomic E-state index is 2.48. The maximum atomic E-state index is 2.48. The topological polar surface area (TPSA) is 3.24 Å². The van der Waals surface area contributed by atoms with E-state index in [4.69, 9.17) is 0 Å². The molecule has 0 rings (SSSR count). The average Bonchev–Trinajstić information content (AvgIpc) is 1.84. The van der Waals surface area contributed by atoms with Crippen molar-refractivity contribution in [3.05, 3.63) is 0 Å². The van der Waals surface area contributed by atoms with Gasteiger partial charge in [0, 0.05) is 0 Å². The SMILES string of the molecule is CC(C)CN(CC(C)C)[S][Sn]. The van der Waals surface area contributed by atoms with Crippen LogP contribution >= 0.6 is 9.13 Å². The third-order valence-electron chi connectivity index (χ3n) is 1.27. The molecule has 3 radical (unpaired) electrons. The molecular weight excluding hydrogens is 261 g/mol. The second kappa shape index (κ2) is 6.61. The predicted molar refractivity (Wildman–Crippen MR) is 54.6 cm³/mol. The Bertz CT molecular complexity index is 86.1. The van der Waals surface area contributed by atoms with Crippen LogP contribution in [0.15, 0.2) is 0 Å². The van der Waals surface area contributed by atoms with E-state index < -0.39 is 0 Å². The molecule has 11 heavy (non-hydrogen) atoms. The van der Waals surface area contributed by atoms with Gasteiger partial charge in [-0.2, -0.15) is 0 Å². The molecule has 0 saturated carbocycles. The molecule has 0 aliphatic rings. The van der Waals surface area contributed by atoms with Crippen LogP contribution in [0.5, 0.6) is 0 Å². The van der Waals surface area contributed by atoms with Crippen LogP contribution in [0.3, 0.4) is 0 Å². The van der Waals surface area contributed by atoms with Crippen molar-refractivity contribution in [2.24, 2.45) is 11.8 Å². The Hall–Kier alpha value is 1.11. The average molecular weight is 279 g/mol. The molecule has 3 heteroatoms. The summed E-state index contributed by atoms with van der Waals surface area (Å²) in [7, 11) is 1.95. The summed E-state index contributed by atoms with van der Waals surface area (Å²) < 4.78 is 2.48. The van der Waals surface area contributed by atoms with Crippen molar-refractivity contribution in [2.75, 3.05) is 13.1 Å². The molecule has 0 N–H and O–H groups in total. The molecule has 0 saturated heterocycles. The second-order valence-electron chi connectivity index (χ2n) is 3.73. The molecule has 0 unspecified atom stereocenters. The van der Waals surface area contributed by atoms with E-state index in [1.165, 1.54) is 13.1 Å². The van der Waals surface area contributed by atoms with Crippen LogP contribution in [0.1, 0.15) is 27.7 Å². The predicted octanol–water partition coefficient (Wildman–Crippen LogP) is 2.33. The van der Waals surface area contributed by atoms with Gasteiger partial charge in [0.2, 0.25) is 0 Å². The first-order chi connectivity index (χ1) is 5.06. The monoisotopic (exact) mass is 280 g/mol. The summed E-state index contributed by atoms with van der Waals surface area (Å²) in [4.78, 5) is 0. The van der Waals surface area contributed by atoms with Crippen LogP contribution in [-0.4, -0.2) is 38.5 Å². The van der Waals surface area contributed by atoms with Gasteiger partial charge in [-0.25, -0.2) is 0 Å². The number of hydrogen-bond donors (Lipinski definition) is 0. The van der Waals surface area contributed by atoms with Crippen LogP contribution in [0.4, 0.5) is 0 Å². The molecule has 0 aromatic carbocycles. The van der Waals surface area contributed by atoms with Gasteiger partial charge in [-0.05, 0) is 0 Å². The van der Waals surface area contributed by atoms with E-state index in [1.54, 1.807) is 21.1 Å². The molecule has 0 amide bonds. The second-order valence-corrected chi connectivity index (χ2v) is 5.99. The van der Waals surface area contributed by atoms with Crippen molar-refractivity contribution in [3.63, 3.8) is 0 Å². The Kier molecular flexibility index (Phi) is 7.27. The molecule has 0 bridgehead atoms. The van der Waals surface area contributed by atoms with Gasteiger partial charge >= 0.3 is 87.2 Å². The standard InChI is InChI=1S/C8H18NS.Sn/c1-7(2)5-9(10)6-8(3)4;/h7-8H,5-6H2,1-4H3;/q-1;+1.